The van der Waals surface area contributed by atoms with Crippen LogP contribution in [0, 0.1) is 0 Å². The molecule has 3 aromatic rings. The predicted molar refractivity (Wildman–Crippen MR) is 96.2 cm³/mol. The van der Waals surface area contributed by atoms with Crippen LogP contribution in [-0.4, -0.2) is 22.7 Å². The lowest BCUT2D eigenvalue weighted by Gasteiger charge is -2.06. The molecule has 0 atom stereocenters. The first-order valence-corrected chi connectivity index (χ1v) is 8.51. The third-order valence-electron chi connectivity index (χ3n) is 3.15. The molecule has 0 saturated heterocycles. The Labute approximate surface area is 157 Å². The highest BCUT2D eigenvalue weighted by Crippen LogP contribution is 2.20. The zero-order valence-corrected chi connectivity index (χ0v) is 15.3. The summed E-state index contributed by atoms with van der Waals surface area (Å²) in [6.45, 7) is -0.00822. The minimum atomic E-state index is -0.304. The van der Waals surface area contributed by atoms with Crippen LogP contribution in [-0.2, 0) is 11.3 Å². The highest BCUT2D eigenvalue weighted by Gasteiger charge is 2.10. The van der Waals surface area contributed by atoms with Gasteiger partial charge in [-0.2, -0.15) is 4.98 Å². The van der Waals surface area contributed by atoms with E-state index in [-0.39, 0.29) is 19.1 Å². The third kappa shape index (κ3) is 5.04. The molecule has 0 fully saturated rings. The zero-order valence-electron chi connectivity index (χ0n) is 12.9. The summed E-state index contributed by atoms with van der Waals surface area (Å²) in [5.41, 5.74) is 0.819. The van der Waals surface area contributed by atoms with Crippen molar-refractivity contribution in [1.29, 1.82) is 0 Å². The Hall–Kier alpha value is -2.38. The number of nitrogens with zero attached hydrogens (tertiary/aromatic N) is 2. The Kier molecular flexibility index (Phi) is 5.67. The molecule has 1 N–H and O–H groups in total. The molecule has 1 amide bonds. The molecule has 0 aliphatic rings. The summed E-state index contributed by atoms with van der Waals surface area (Å²) in [6.07, 6.45) is 0. The number of amides is 1. The molecule has 1 aromatic heterocycles. The standard InChI is InChI=1S/C17H13BrClN3O3/c18-12-4-1-3-11(7-12)17-21-16(25-22-17)9-20-15(23)10-24-14-6-2-5-13(19)8-14/h1-8H,9-10H2,(H,20,23). The van der Waals surface area contributed by atoms with Crippen LogP contribution in [0.15, 0.2) is 57.5 Å². The third-order valence-corrected chi connectivity index (χ3v) is 3.88. The van der Waals surface area contributed by atoms with Crippen molar-refractivity contribution in [2.24, 2.45) is 0 Å². The molecular formula is C17H13BrClN3O3. The van der Waals surface area contributed by atoms with E-state index in [0.717, 1.165) is 10.0 Å². The Bertz CT molecular complexity index is 885. The molecule has 0 unspecified atom stereocenters. The quantitative estimate of drug-likeness (QED) is 0.653. The zero-order chi connectivity index (χ0) is 17.6. The fourth-order valence-electron chi connectivity index (χ4n) is 2.00. The fourth-order valence-corrected chi connectivity index (χ4v) is 2.58. The molecule has 2 aromatic carbocycles. The van der Waals surface area contributed by atoms with Gasteiger partial charge in [0.25, 0.3) is 5.91 Å². The second-order valence-corrected chi connectivity index (χ2v) is 6.40. The van der Waals surface area contributed by atoms with Crippen molar-refractivity contribution in [3.63, 3.8) is 0 Å². The van der Waals surface area contributed by atoms with E-state index in [1.54, 1.807) is 24.3 Å². The number of rotatable bonds is 6. The monoisotopic (exact) mass is 421 g/mol. The van der Waals surface area contributed by atoms with Crippen molar-refractivity contribution in [3.05, 3.63) is 63.9 Å². The fraction of sp³-hybridized carbons (Fsp3) is 0.118. The van der Waals surface area contributed by atoms with E-state index in [0.29, 0.717) is 22.5 Å². The van der Waals surface area contributed by atoms with E-state index in [2.05, 4.69) is 31.4 Å². The van der Waals surface area contributed by atoms with Crippen molar-refractivity contribution in [2.75, 3.05) is 6.61 Å². The van der Waals surface area contributed by atoms with E-state index < -0.39 is 0 Å². The lowest BCUT2D eigenvalue weighted by molar-refractivity contribution is -0.123. The number of hydrogen-bond acceptors (Lipinski definition) is 5. The first kappa shape index (κ1) is 17.4. The van der Waals surface area contributed by atoms with Gasteiger partial charge in [-0.25, -0.2) is 0 Å². The average molecular weight is 423 g/mol. The van der Waals surface area contributed by atoms with E-state index in [9.17, 15) is 4.79 Å². The summed E-state index contributed by atoms with van der Waals surface area (Å²) < 4.78 is 11.4. The van der Waals surface area contributed by atoms with Gasteiger partial charge in [0.05, 0.1) is 6.54 Å². The van der Waals surface area contributed by atoms with Crippen molar-refractivity contribution >= 4 is 33.4 Å². The van der Waals surface area contributed by atoms with Crippen LogP contribution in [0.1, 0.15) is 5.89 Å². The highest BCUT2D eigenvalue weighted by molar-refractivity contribution is 9.10. The molecule has 0 saturated carbocycles. The smallest absolute Gasteiger partial charge is 0.258 e. The van der Waals surface area contributed by atoms with Gasteiger partial charge < -0.3 is 14.6 Å². The molecule has 0 aliphatic carbocycles. The number of ether oxygens (including phenoxy) is 1. The van der Waals surface area contributed by atoms with Gasteiger partial charge in [0.1, 0.15) is 5.75 Å². The van der Waals surface area contributed by atoms with Crippen LogP contribution in [0.4, 0.5) is 0 Å². The Morgan fingerprint density at radius 3 is 2.88 bits per heavy atom. The maximum Gasteiger partial charge on any atom is 0.258 e. The van der Waals surface area contributed by atoms with Crippen LogP contribution in [0.2, 0.25) is 5.02 Å². The molecule has 0 bridgehead atoms. The number of hydrogen-bond donors (Lipinski definition) is 1. The Morgan fingerprint density at radius 2 is 2.08 bits per heavy atom. The lowest BCUT2D eigenvalue weighted by Crippen LogP contribution is -2.28. The second-order valence-electron chi connectivity index (χ2n) is 5.04. The van der Waals surface area contributed by atoms with Gasteiger partial charge in [0.2, 0.25) is 11.7 Å². The molecule has 6 nitrogen and oxygen atoms in total. The summed E-state index contributed by atoms with van der Waals surface area (Å²) in [5.74, 6) is 0.992. The van der Waals surface area contributed by atoms with Crippen molar-refractivity contribution in [2.45, 2.75) is 6.54 Å². The summed E-state index contributed by atoms with van der Waals surface area (Å²) in [6, 6.07) is 14.4. The first-order chi connectivity index (χ1) is 12.1. The van der Waals surface area contributed by atoms with Crippen LogP contribution in [0.25, 0.3) is 11.4 Å². The maximum atomic E-state index is 11.8. The summed E-state index contributed by atoms with van der Waals surface area (Å²) in [4.78, 5) is 16.1. The number of benzene rings is 2. The van der Waals surface area contributed by atoms with Gasteiger partial charge in [0, 0.05) is 15.1 Å². The van der Waals surface area contributed by atoms with E-state index in [1.807, 2.05) is 24.3 Å². The molecular weight excluding hydrogens is 410 g/mol. The minimum Gasteiger partial charge on any atom is -0.484 e. The van der Waals surface area contributed by atoms with Crippen LogP contribution in [0.5, 0.6) is 5.75 Å². The Morgan fingerprint density at radius 1 is 1.24 bits per heavy atom. The van der Waals surface area contributed by atoms with Gasteiger partial charge in [-0.05, 0) is 30.3 Å². The Balaban J connectivity index is 1.51. The molecule has 128 valence electrons. The van der Waals surface area contributed by atoms with Crippen LogP contribution < -0.4 is 10.1 Å². The molecule has 0 spiro atoms. The normalized spacial score (nSPS) is 10.5. The van der Waals surface area contributed by atoms with Gasteiger partial charge in [0.15, 0.2) is 6.61 Å². The molecule has 3 rings (SSSR count). The summed E-state index contributed by atoms with van der Waals surface area (Å²) >= 11 is 9.24. The minimum absolute atomic E-state index is 0.124. The number of halogens is 2. The largest absolute Gasteiger partial charge is 0.484 e. The molecule has 25 heavy (non-hydrogen) atoms. The van der Waals surface area contributed by atoms with Crippen LogP contribution >= 0.6 is 27.5 Å². The van der Waals surface area contributed by atoms with Crippen molar-refractivity contribution in [1.82, 2.24) is 15.5 Å². The topological polar surface area (TPSA) is 77.2 Å². The van der Waals surface area contributed by atoms with Gasteiger partial charge in [-0.3, -0.25) is 4.79 Å². The van der Waals surface area contributed by atoms with E-state index in [4.69, 9.17) is 20.9 Å². The summed E-state index contributed by atoms with van der Waals surface area (Å²) in [7, 11) is 0. The summed E-state index contributed by atoms with van der Waals surface area (Å²) in [5, 5.41) is 7.11. The number of aromatic nitrogens is 2. The van der Waals surface area contributed by atoms with Crippen LogP contribution in [0.3, 0.4) is 0 Å². The van der Waals surface area contributed by atoms with Gasteiger partial charge in [-0.15, -0.1) is 0 Å². The van der Waals surface area contributed by atoms with Crippen molar-refractivity contribution in [3.8, 4) is 17.1 Å². The molecule has 0 radical (unpaired) electrons. The molecule has 1 heterocycles. The predicted octanol–water partition coefficient (Wildman–Crippen LogP) is 3.85. The lowest BCUT2D eigenvalue weighted by atomic mass is 10.2. The number of nitrogens with one attached hydrogen (secondary N) is 1. The van der Waals surface area contributed by atoms with Gasteiger partial charge >= 0.3 is 0 Å². The SMILES string of the molecule is O=C(COc1cccc(Cl)c1)NCc1nc(-c2cccc(Br)c2)no1. The van der Waals surface area contributed by atoms with E-state index >= 15 is 0 Å². The van der Waals surface area contributed by atoms with E-state index in [1.165, 1.54) is 0 Å². The number of carbonyl (C=O) groups is 1. The average Bonchev–Trinajstić information content (AvgIpc) is 3.07. The maximum absolute atomic E-state index is 11.8. The first-order valence-electron chi connectivity index (χ1n) is 7.34. The highest BCUT2D eigenvalue weighted by atomic mass is 79.9. The molecule has 8 heteroatoms. The van der Waals surface area contributed by atoms with Gasteiger partial charge in [-0.1, -0.05) is 50.9 Å². The second kappa shape index (κ2) is 8.13. The molecule has 0 aliphatic heterocycles. The van der Waals surface area contributed by atoms with Crippen molar-refractivity contribution < 1.29 is 14.1 Å². The number of carbonyl (C=O) groups excluding carboxylic acids is 1.